The number of rotatable bonds is 3. The Kier molecular flexibility index (Phi) is 4.79. The van der Waals surface area contributed by atoms with Crippen LogP contribution in [0.15, 0.2) is 18.2 Å². The van der Waals surface area contributed by atoms with E-state index in [1.54, 1.807) is 6.92 Å². The highest BCUT2D eigenvalue weighted by atomic mass is 19.1. The van der Waals surface area contributed by atoms with Crippen molar-refractivity contribution in [3.63, 3.8) is 0 Å². The van der Waals surface area contributed by atoms with Gasteiger partial charge in [-0.15, -0.1) is 0 Å². The molecule has 3 N–H and O–H groups in total. The van der Waals surface area contributed by atoms with Crippen LogP contribution in [-0.4, -0.2) is 29.6 Å². The van der Waals surface area contributed by atoms with Crippen molar-refractivity contribution in [2.75, 3.05) is 11.9 Å². The van der Waals surface area contributed by atoms with Gasteiger partial charge in [0.15, 0.2) is 0 Å². The molecule has 0 aliphatic heterocycles. The summed E-state index contributed by atoms with van der Waals surface area (Å²) in [5, 5.41) is 13.6. The average Bonchev–Trinajstić information content (AvgIpc) is 2.29. The number of anilines is 1. The van der Waals surface area contributed by atoms with Gasteiger partial charge in [0, 0.05) is 12.2 Å². The Morgan fingerprint density at radius 2 is 2.06 bits per heavy atom. The summed E-state index contributed by atoms with van der Waals surface area (Å²) in [6.07, 6.45) is -0.727. The van der Waals surface area contributed by atoms with Crippen LogP contribution in [0.3, 0.4) is 0 Å². The lowest BCUT2D eigenvalue weighted by molar-refractivity contribution is -0.136. The molecule has 0 bridgehead atoms. The quantitative estimate of drug-likeness (QED) is 0.690. The minimum absolute atomic E-state index is 0.00530. The maximum atomic E-state index is 12.8. The molecule has 5 nitrogen and oxygen atoms in total. The number of aliphatic hydroxyl groups is 1. The van der Waals surface area contributed by atoms with Gasteiger partial charge in [-0.3, -0.25) is 9.59 Å². The van der Waals surface area contributed by atoms with Gasteiger partial charge in [-0.2, -0.15) is 0 Å². The smallest absolute Gasteiger partial charge is 0.313 e. The zero-order chi connectivity index (χ0) is 13.7. The number of aliphatic hydroxyl groups excluding tert-OH is 1. The molecule has 0 spiro atoms. The molecule has 1 rings (SSSR count). The number of carbonyl (C=O) groups is 2. The molecule has 0 fully saturated rings. The zero-order valence-electron chi connectivity index (χ0n) is 10.2. The fourth-order valence-corrected chi connectivity index (χ4v) is 1.27. The number of amides is 2. The molecule has 1 unspecified atom stereocenters. The predicted octanol–water partition coefficient (Wildman–Crippen LogP) is 0.570. The standard InChI is InChI=1S/C12H15FN2O3/c1-7-5-9(13)3-4-10(7)15-12(18)11(17)14-6-8(2)16/h3-5,8,16H,6H2,1-2H3,(H,14,17)(H,15,18). The van der Waals surface area contributed by atoms with Crippen molar-refractivity contribution in [2.45, 2.75) is 20.0 Å². The summed E-state index contributed by atoms with van der Waals surface area (Å²) in [5.74, 6) is -2.12. The first-order chi connectivity index (χ1) is 8.40. The lowest BCUT2D eigenvalue weighted by Gasteiger charge is -2.09. The number of aryl methyl sites for hydroxylation is 1. The number of carbonyl (C=O) groups excluding carboxylic acids is 2. The summed E-state index contributed by atoms with van der Waals surface area (Å²) in [6, 6.07) is 3.82. The predicted molar refractivity (Wildman–Crippen MR) is 64.5 cm³/mol. The minimum atomic E-state index is -0.856. The van der Waals surface area contributed by atoms with E-state index in [1.165, 1.54) is 25.1 Å². The Morgan fingerprint density at radius 3 is 2.61 bits per heavy atom. The summed E-state index contributed by atoms with van der Waals surface area (Å²) < 4.78 is 12.8. The monoisotopic (exact) mass is 254 g/mol. The Balaban J connectivity index is 2.61. The highest BCUT2D eigenvalue weighted by molar-refractivity contribution is 6.39. The molecular weight excluding hydrogens is 239 g/mol. The second kappa shape index (κ2) is 6.11. The van der Waals surface area contributed by atoms with Gasteiger partial charge in [0.25, 0.3) is 0 Å². The number of nitrogens with one attached hydrogen (secondary N) is 2. The molecule has 1 atom stereocenters. The van der Waals surface area contributed by atoms with Crippen molar-refractivity contribution in [2.24, 2.45) is 0 Å². The summed E-state index contributed by atoms with van der Waals surface area (Å²) in [4.78, 5) is 22.8. The van der Waals surface area contributed by atoms with Crippen molar-refractivity contribution in [1.29, 1.82) is 0 Å². The van der Waals surface area contributed by atoms with Gasteiger partial charge in [-0.1, -0.05) is 0 Å². The molecule has 0 aliphatic carbocycles. The zero-order valence-corrected chi connectivity index (χ0v) is 10.2. The van der Waals surface area contributed by atoms with Gasteiger partial charge < -0.3 is 15.7 Å². The van der Waals surface area contributed by atoms with Crippen LogP contribution in [0.2, 0.25) is 0 Å². The molecule has 1 aromatic carbocycles. The van der Waals surface area contributed by atoms with Crippen LogP contribution in [0.1, 0.15) is 12.5 Å². The van der Waals surface area contributed by atoms with Crippen LogP contribution in [0.4, 0.5) is 10.1 Å². The number of halogens is 1. The van der Waals surface area contributed by atoms with Crippen LogP contribution in [0, 0.1) is 12.7 Å². The fourth-order valence-electron chi connectivity index (χ4n) is 1.27. The largest absolute Gasteiger partial charge is 0.392 e. The maximum absolute atomic E-state index is 12.8. The second-order valence-corrected chi connectivity index (χ2v) is 3.97. The third-order valence-corrected chi connectivity index (χ3v) is 2.20. The van der Waals surface area contributed by atoms with Crippen LogP contribution >= 0.6 is 0 Å². The molecule has 0 radical (unpaired) electrons. The van der Waals surface area contributed by atoms with Crippen molar-refractivity contribution in [1.82, 2.24) is 5.32 Å². The Morgan fingerprint density at radius 1 is 1.39 bits per heavy atom. The topological polar surface area (TPSA) is 78.4 Å². The summed E-state index contributed by atoms with van der Waals surface area (Å²) in [6.45, 7) is 3.10. The van der Waals surface area contributed by atoms with Crippen molar-refractivity contribution >= 4 is 17.5 Å². The summed E-state index contributed by atoms with van der Waals surface area (Å²) >= 11 is 0. The van der Waals surface area contributed by atoms with Gasteiger partial charge in [-0.25, -0.2) is 4.39 Å². The Hall–Kier alpha value is -1.95. The van der Waals surface area contributed by atoms with Crippen molar-refractivity contribution in [3.05, 3.63) is 29.6 Å². The first-order valence-corrected chi connectivity index (χ1v) is 5.43. The lowest BCUT2D eigenvalue weighted by atomic mass is 10.2. The van der Waals surface area contributed by atoms with E-state index in [2.05, 4.69) is 10.6 Å². The molecular formula is C12H15FN2O3. The van der Waals surface area contributed by atoms with E-state index < -0.39 is 23.7 Å². The molecule has 2 amide bonds. The maximum Gasteiger partial charge on any atom is 0.313 e. The Bertz CT molecular complexity index is 461. The van der Waals surface area contributed by atoms with E-state index in [1.807, 2.05) is 0 Å². The van der Waals surface area contributed by atoms with E-state index in [0.29, 0.717) is 11.3 Å². The summed E-state index contributed by atoms with van der Waals surface area (Å²) in [7, 11) is 0. The number of hydrogen-bond donors (Lipinski definition) is 3. The highest BCUT2D eigenvalue weighted by Crippen LogP contribution is 2.15. The van der Waals surface area contributed by atoms with Crippen molar-refractivity contribution < 1.29 is 19.1 Å². The van der Waals surface area contributed by atoms with Gasteiger partial charge >= 0.3 is 11.8 Å². The van der Waals surface area contributed by atoms with Gasteiger partial charge in [0.1, 0.15) is 5.82 Å². The van der Waals surface area contributed by atoms with E-state index >= 15 is 0 Å². The van der Waals surface area contributed by atoms with E-state index in [0.717, 1.165) is 0 Å². The van der Waals surface area contributed by atoms with Crippen LogP contribution in [-0.2, 0) is 9.59 Å². The lowest BCUT2D eigenvalue weighted by Crippen LogP contribution is -2.38. The molecule has 0 saturated heterocycles. The second-order valence-electron chi connectivity index (χ2n) is 3.97. The third kappa shape index (κ3) is 4.14. The molecule has 1 aromatic rings. The van der Waals surface area contributed by atoms with E-state index in [9.17, 15) is 14.0 Å². The van der Waals surface area contributed by atoms with E-state index in [-0.39, 0.29) is 6.54 Å². The van der Waals surface area contributed by atoms with E-state index in [4.69, 9.17) is 5.11 Å². The summed E-state index contributed by atoms with van der Waals surface area (Å²) in [5.41, 5.74) is 0.889. The number of hydrogen-bond acceptors (Lipinski definition) is 3. The normalized spacial score (nSPS) is 11.8. The third-order valence-electron chi connectivity index (χ3n) is 2.20. The molecule has 0 aliphatic rings. The molecule has 18 heavy (non-hydrogen) atoms. The van der Waals surface area contributed by atoms with Gasteiger partial charge in [0.2, 0.25) is 0 Å². The van der Waals surface area contributed by atoms with Crippen LogP contribution in [0.25, 0.3) is 0 Å². The molecule has 0 saturated carbocycles. The Labute approximate surface area is 104 Å². The SMILES string of the molecule is Cc1cc(F)ccc1NC(=O)C(=O)NCC(C)O. The number of benzene rings is 1. The van der Waals surface area contributed by atoms with Crippen molar-refractivity contribution in [3.8, 4) is 0 Å². The minimum Gasteiger partial charge on any atom is -0.392 e. The van der Waals surface area contributed by atoms with Crippen LogP contribution < -0.4 is 10.6 Å². The molecule has 0 heterocycles. The first-order valence-electron chi connectivity index (χ1n) is 5.43. The molecule has 6 heteroatoms. The fraction of sp³-hybridized carbons (Fsp3) is 0.333. The van der Waals surface area contributed by atoms with Gasteiger partial charge in [0.05, 0.1) is 6.10 Å². The first kappa shape index (κ1) is 14.1. The van der Waals surface area contributed by atoms with Crippen LogP contribution in [0.5, 0.6) is 0 Å². The molecule has 0 aromatic heterocycles. The average molecular weight is 254 g/mol. The van der Waals surface area contributed by atoms with Gasteiger partial charge in [-0.05, 0) is 37.6 Å². The molecule has 98 valence electrons. The highest BCUT2D eigenvalue weighted by Gasteiger charge is 2.14.